The van der Waals surface area contributed by atoms with Gasteiger partial charge in [0, 0.05) is 4.70 Å². The number of hydrogen-bond donors (Lipinski definition) is 0. The van der Waals surface area contributed by atoms with Crippen LogP contribution in [0.5, 0.6) is 0 Å². The summed E-state index contributed by atoms with van der Waals surface area (Å²) in [5.74, 6) is 0. The Kier molecular flexibility index (Phi) is 4.38. The second-order valence-corrected chi connectivity index (χ2v) is 5.98. The maximum absolute atomic E-state index is 11.5. The molecule has 0 N–H and O–H groups in total. The highest BCUT2D eigenvalue weighted by Gasteiger charge is 2.16. The molecule has 0 radical (unpaired) electrons. The minimum atomic E-state index is -0.337. The van der Waals surface area contributed by atoms with E-state index < -0.39 is 0 Å². The zero-order chi connectivity index (χ0) is 13.1. The van der Waals surface area contributed by atoms with E-state index in [2.05, 4.69) is 25.1 Å². The van der Waals surface area contributed by atoms with Gasteiger partial charge < -0.3 is 4.90 Å². The SMILES string of the molecule is CN(C)CCCc1c(C(=O)Cl)sc2ccccc12. The highest BCUT2D eigenvalue weighted by Crippen LogP contribution is 2.33. The summed E-state index contributed by atoms with van der Waals surface area (Å²) in [6.07, 6.45) is 1.93. The third-order valence-corrected chi connectivity index (χ3v) is 4.42. The molecular weight excluding hydrogens is 266 g/mol. The van der Waals surface area contributed by atoms with Crippen molar-refractivity contribution in [2.24, 2.45) is 0 Å². The van der Waals surface area contributed by atoms with Crippen LogP contribution in [-0.4, -0.2) is 30.8 Å². The second kappa shape index (κ2) is 5.83. The Bertz CT molecular complexity index is 562. The molecule has 2 rings (SSSR count). The molecule has 18 heavy (non-hydrogen) atoms. The van der Waals surface area contributed by atoms with Crippen LogP contribution in [0, 0.1) is 0 Å². The smallest absolute Gasteiger partial charge is 0.262 e. The minimum absolute atomic E-state index is 0.337. The van der Waals surface area contributed by atoms with E-state index in [1.165, 1.54) is 16.7 Å². The molecule has 0 aliphatic heterocycles. The summed E-state index contributed by atoms with van der Waals surface area (Å²) < 4.78 is 1.14. The van der Waals surface area contributed by atoms with Crippen molar-refractivity contribution in [2.75, 3.05) is 20.6 Å². The van der Waals surface area contributed by atoms with Gasteiger partial charge in [0.1, 0.15) is 0 Å². The zero-order valence-corrected chi connectivity index (χ0v) is 12.1. The van der Waals surface area contributed by atoms with Crippen molar-refractivity contribution >= 4 is 38.3 Å². The lowest BCUT2D eigenvalue weighted by atomic mass is 10.1. The van der Waals surface area contributed by atoms with Gasteiger partial charge in [0.25, 0.3) is 5.24 Å². The van der Waals surface area contributed by atoms with E-state index in [0.29, 0.717) is 4.88 Å². The topological polar surface area (TPSA) is 20.3 Å². The highest BCUT2D eigenvalue weighted by atomic mass is 35.5. The van der Waals surface area contributed by atoms with E-state index in [1.807, 2.05) is 18.2 Å². The van der Waals surface area contributed by atoms with Crippen molar-refractivity contribution in [2.45, 2.75) is 12.8 Å². The maximum atomic E-state index is 11.5. The van der Waals surface area contributed by atoms with Crippen molar-refractivity contribution < 1.29 is 4.79 Å². The largest absolute Gasteiger partial charge is 0.309 e. The molecular formula is C14H16ClNOS. The summed E-state index contributed by atoms with van der Waals surface area (Å²) in [4.78, 5) is 14.4. The first-order chi connectivity index (χ1) is 8.59. The lowest BCUT2D eigenvalue weighted by Crippen LogP contribution is -2.13. The van der Waals surface area contributed by atoms with Gasteiger partial charge in [0.05, 0.1) is 4.88 Å². The van der Waals surface area contributed by atoms with Crippen LogP contribution < -0.4 is 0 Å². The molecule has 0 spiro atoms. The van der Waals surface area contributed by atoms with Gasteiger partial charge in [-0.25, -0.2) is 0 Å². The summed E-state index contributed by atoms with van der Waals surface area (Å²) >= 11 is 7.18. The lowest BCUT2D eigenvalue weighted by molar-refractivity contribution is 0.108. The van der Waals surface area contributed by atoms with Gasteiger partial charge >= 0.3 is 0 Å². The summed E-state index contributed by atoms with van der Waals surface area (Å²) in [5.41, 5.74) is 1.11. The Hall–Kier alpha value is -0.900. The van der Waals surface area contributed by atoms with Gasteiger partial charge in [-0.2, -0.15) is 0 Å². The standard InChI is InChI=1S/C14H16ClNOS/c1-16(2)9-5-7-11-10-6-3-4-8-12(10)18-13(11)14(15)17/h3-4,6,8H,5,7,9H2,1-2H3. The minimum Gasteiger partial charge on any atom is -0.309 e. The van der Waals surface area contributed by atoms with Crippen LogP contribution in [0.1, 0.15) is 21.7 Å². The Morgan fingerprint density at radius 3 is 2.72 bits per heavy atom. The Morgan fingerprint density at radius 2 is 2.06 bits per heavy atom. The maximum Gasteiger partial charge on any atom is 0.262 e. The summed E-state index contributed by atoms with van der Waals surface area (Å²) in [5, 5.41) is 0.835. The second-order valence-electron chi connectivity index (χ2n) is 4.59. The lowest BCUT2D eigenvalue weighted by Gasteiger charge is -2.09. The molecule has 0 aliphatic carbocycles. The number of rotatable bonds is 5. The molecule has 0 saturated carbocycles. The molecule has 0 amide bonds. The molecule has 0 fully saturated rings. The van der Waals surface area contributed by atoms with Crippen LogP contribution in [0.2, 0.25) is 0 Å². The van der Waals surface area contributed by atoms with Crippen molar-refractivity contribution in [1.82, 2.24) is 4.90 Å². The number of thiophene rings is 1. The van der Waals surface area contributed by atoms with Crippen LogP contribution in [0.15, 0.2) is 24.3 Å². The van der Waals surface area contributed by atoms with E-state index in [4.69, 9.17) is 11.6 Å². The Balaban J connectivity index is 2.33. The van der Waals surface area contributed by atoms with Crippen LogP contribution >= 0.6 is 22.9 Å². The number of nitrogens with zero attached hydrogens (tertiary/aromatic N) is 1. The normalized spacial score (nSPS) is 11.3. The summed E-state index contributed by atoms with van der Waals surface area (Å²) in [6, 6.07) is 8.11. The quantitative estimate of drug-likeness (QED) is 0.778. The van der Waals surface area contributed by atoms with Crippen molar-refractivity contribution in [3.8, 4) is 0 Å². The monoisotopic (exact) mass is 281 g/mol. The van der Waals surface area contributed by atoms with Crippen LogP contribution in [0.4, 0.5) is 0 Å². The predicted molar refractivity (Wildman–Crippen MR) is 78.9 cm³/mol. The Labute approximate surface area is 116 Å². The number of fused-ring (bicyclic) bond motifs is 1. The predicted octanol–water partition coefficient (Wildman–Crippen LogP) is 3.77. The van der Waals surface area contributed by atoms with Gasteiger partial charge in [-0.05, 0) is 62.1 Å². The van der Waals surface area contributed by atoms with Gasteiger partial charge in [0.15, 0.2) is 0 Å². The first kappa shape index (κ1) is 13.5. The highest BCUT2D eigenvalue weighted by molar-refractivity contribution is 7.22. The zero-order valence-electron chi connectivity index (χ0n) is 10.6. The van der Waals surface area contributed by atoms with E-state index in [0.717, 1.165) is 29.6 Å². The van der Waals surface area contributed by atoms with Gasteiger partial charge in [-0.3, -0.25) is 4.79 Å². The number of hydrogen-bond acceptors (Lipinski definition) is 3. The van der Waals surface area contributed by atoms with Crippen LogP contribution in [-0.2, 0) is 6.42 Å². The fourth-order valence-corrected chi connectivity index (χ4v) is 3.39. The van der Waals surface area contributed by atoms with Crippen molar-refractivity contribution in [3.63, 3.8) is 0 Å². The summed E-state index contributed by atoms with van der Waals surface area (Å²) in [7, 11) is 4.11. The number of carbonyl (C=O) groups is 1. The molecule has 4 heteroatoms. The third-order valence-electron chi connectivity index (χ3n) is 2.91. The van der Waals surface area contributed by atoms with E-state index >= 15 is 0 Å². The molecule has 1 aromatic heterocycles. The Morgan fingerprint density at radius 1 is 1.33 bits per heavy atom. The van der Waals surface area contributed by atoms with E-state index in [9.17, 15) is 4.79 Å². The molecule has 0 aliphatic rings. The molecule has 0 atom stereocenters. The van der Waals surface area contributed by atoms with E-state index in [1.54, 1.807) is 0 Å². The molecule has 0 unspecified atom stereocenters. The fourth-order valence-electron chi connectivity index (χ4n) is 2.08. The number of halogens is 1. The average molecular weight is 282 g/mol. The van der Waals surface area contributed by atoms with Gasteiger partial charge in [-0.1, -0.05) is 18.2 Å². The fraction of sp³-hybridized carbons (Fsp3) is 0.357. The molecule has 1 aromatic carbocycles. The molecule has 2 nitrogen and oxygen atoms in total. The first-order valence-corrected chi connectivity index (χ1v) is 7.14. The molecule has 2 aromatic rings. The number of aryl methyl sites for hydroxylation is 1. The molecule has 0 bridgehead atoms. The first-order valence-electron chi connectivity index (χ1n) is 5.94. The average Bonchev–Trinajstić information content (AvgIpc) is 2.68. The van der Waals surface area contributed by atoms with Crippen molar-refractivity contribution in [3.05, 3.63) is 34.7 Å². The number of benzene rings is 1. The summed E-state index contributed by atoms with van der Waals surface area (Å²) in [6.45, 7) is 1.01. The number of carbonyl (C=O) groups excluding carboxylic acids is 1. The molecule has 1 heterocycles. The van der Waals surface area contributed by atoms with Crippen LogP contribution in [0.3, 0.4) is 0 Å². The molecule has 96 valence electrons. The van der Waals surface area contributed by atoms with Gasteiger partial charge in [-0.15, -0.1) is 11.3 Å². The van der Waals surface area contributed by atoms with Gasteiger partial charge in [0.2, 0.25) is 0 Å². The third kappa shape index (κ3) is 2.91. The van der Waals surface area contributed by atoms with Crippen molar-refractivity contribution in [1.29, 1.82) is 0 Å². The van der Waals surface area contributed by atoms with Crippen LogP contribution in [0.25, 0.3) is 10.1 Å². The van der Waals surface area contributed by atoms with E-state index in [-0.39, 0.29) is 5.24 Å². The molecule has 0 saturated heterocycles.